The van der Waals surface area contributed by atoms with Crippen LogP contribution in [-0.2, 0) is 36.6 Å². The minimum atomic E-state index is -4.72. The third-order valence-electron chi connectivity index (χ3n) is 5.84. The third-order valence-corrected chi connectivity index (χ3v) is 5.84. The number of hydrogen-bond donors (Lipinski definition) is 0. The highest BCUT2D eigenvalue weighted by Gasteiger charge is 2.44. The summed E-state index contributed by atoms with van der Waals surface area (Å²) >= 11 is 0. The normalized spacial score (nSPS) is 16.4. The van der Waals surface area contributed by atoms with Crippen LogP contribution in [0.5, 0.6) is 0 Å². The molecule has 1 aliphatic heterocycles. The first kappa shape index (κ1) is 26.0. The Morgan fingerprint density at radius 1 is 0.886 bits per heavy atom. The molecule has 0 saturated carbocycles. The van der Waals surface area contributed by atoms with E-state index in [1.165, 1.54) is 30.2 Å². The molecule has 1 unspecified atom stereocenters. The van der Waals surface area contributed by atoms with Crippen LogP contribution in [0.1, 0.15) is 36.5 Å². The van der Waals surface area contributed by atoms with Crippen molar-refractivity contribution in [3.63, 3.8) is 0 Å². The molecule has 0 fully saturated rings. The van der Waals surface area contributed by atoms with Gasteiger partial charge in [-0.25, -0.2) is 9.59 Å². The van der Waals surface area contributed by atoms with Crippen LogP contribution in [0.4, 0.5) is 13.2 Å². The quantitative estimate of drug-likeness (QED) is 0.500. The molecule has 6 nitrogen and oxygen atoms in total. The zero-order valence-electron chi connectivity index (χ0n) is 19.8. The van der Waals surface area contributed by atoms with E-state index in [1.54, 1.807) is 38.1 Å². The number of carbonyl (C=O) groups is 2. The van der Waals surface area contributed by atoms with Crippen molar-refractivity contribution in [2.24, 2.45) is 0 Å². The summed E-state index contributed by atoms with van der Waals surface area (Å²) in [7, 11) is 2.56. The van der Waals surface area contributed by atoms with Crippen molar-refractivity contribution in [2.45, 2.75) is 32.5 Å². The molecule has 2 aromatic rings. The number of alkyl halides is 3. The molecule has 0 bridgehead atoms. The Kier molecular flexibility index (Phi) is 8.01. The second-order valence-corrected chi connectivity index (χ2v) is 7.92. The molecule has 1 heterocycles. The lowest BCUT2D eigenvalue weighted by Crippen LogP contribution is -2.36. The summed E-state index contributed by atoms with van der Waals surface area (Å²) in [5, 5.41) is 0. The number of ether oxygens (including phenoxy) is 3. The maximum atomic E-state index is 14.0. The monoisotopic (exact) mass is 489 g/mol. The first-order valence-electron chi connectivity index (χ1n) is 10.7. The van der Waals surface area contributed by atoms with Crippen molar-refractivity contribution in [3.8, 4) is 0 Å². The number of carbonyl (C=O) groups excluding carboxylic acids is 2. The standard InChI is InChI=1S/C26H26F3NO5/c1-16-21(24(31)34-4)23(19-12-8-9-13-20(19)26(27,28)29)22(17(2)30(16)15-33-3)25(32)35-14-18-10-6-5-7-11-18/h5-13,23H,14-15H2,1-4H3. The van der Waals surface area contributed by atoms with Gasteiger partial charge in [-0.05, 0) is 31.0 Å². The maximum Gasteiger partial charge on any atom is 0.416 e. The van der Waals surface area contributed by atoms with Crippen LogP contribution < -0.4 is 0 Å². The van der Waals surface area contributed by atoms with Crippen molar-refractivity contribution >= 4 is 11.9 Å². The first-order chi connectivity index (χ1) is 16.6. The SMILES string of the molecule is COCN1C(C)=C(C(=O)OC)C(c2ccccc2C(F)(F)F)C(C(=O)OCc2ccccc2)=C1C. The van der Waals surface area contributed by atoms with E-state index in [4.69, 9.17) is 14.2 Å². The molecule has 1 atom stereocenters. The number of rotatable bonds is 7. The third kappa shape index (κ3) is 5.40. The van der Waals surface area contributed by atoms with E-state index in [2.05, 4.69) is 0 Å². The van der Waals surface area contributed by atoms with E-state index in [0.717, 1.165) is 13.2 Å². The van der Waals surface area contributed by atoms with Crippen molar-refractivity contribution < 1.29 is 37.0 Å². The molecule has 35 heavy (non-hydrogen) atoms. The fraction of sp³-hybridized carbons (Fsp3) is 0.308. The lowest BCUT2D eigenvalue weighted by atomic mass is 9.78. The zero-order valence-corrected chi connectivity index (χ0v) is 19.8. The van der Waals surface area contributed by atoms with Crippen molar-refractivity contribution in [1.82, 2.24) is 4.90 Å². The zero-order chi connectivity index (χ0) is 25.8. The first-order valence-corrected chi connectivity index (χ1v) is 10.7. The molecule has 186 valence electrons. The van der Waals surface area contributed by atoms with E-state index in [1.807, 2.05) is 6.07 Å². The van der Waals surface area contributed by atoms with Crippen LogP contribution in [-0.4, -0.2) is 37.8 Å². The smallest absolute Gasteiger partial charge is 0.416 e. The van der Waals surface area contributed by atoms with Gasteiger partial charge in [-0.2, -0.15) is 13.2 Å². The molecule has 0 N–H and O–H groups in total. The van der Waals surface area contributed by atoms with E-state index >= 15 is 0 Å². The van der Waals surface area contributed by atoms with Gasteiger partial charge in [0.15, 0.2) is 0 Å². The molecule has 0 aromatic heterocycles. The van der Waals surface area contributed by atoms with Crippen LogP contribution in [0, 0.1) is 0 Å². The predicted octanol–water partition coefficient (Wildman–Crippen LogP) is 5.17. The lowest BCUT2D eigenvalue weighted by molar-refractivity contribution is -0.142. The number of esters is 2. The van der Waals surface area contributed by atoms with Gasteiger partial charge >= 0.3 is 18.1 Å². The Balaban J connectivity index is 2.21. The fourth-order valence-corrected chi connectivity index (χ4v) is 4.19. The van der Waals surface area contributed by atoms with E-state index in [-0.39, 0.29) is 30.0 Å². The number of halogens is 3. The molecular formula is C26H26F3NO5. The largest absolute Gasteiger partial charge is 0.466 e. The van der Waals surface area contributed by atoms with Gasteiger partial charge in [0, 0.05) is 18.5 Å². The Bertz CT molecular complexity index is 1160. The summed E-state index contributed by atoms with van der Waals surface area (Å²) in [5.74, 6) is -3.06. The molecule has 9 heteroatoms. The van der Waals surface area contributed by atoms with Gasteiger partial charge in [0.1, 0.15) is 13.3 Å². The Morgan fingerprint density at radius 3 is 2.03 bits per heavy atom. The molecular weight excluding hydrogens is 463 g/mol. The summed E-state index contributed by atoms with van der Waals surface area (Å²) < 4.78 is 57.7. The second-order valence-electron chi connectivity index (χ2n) is 7.92. The Labute approximate surface area is 201 Å². The number of methoxy groups -OCH3 is 2. The predicted molar refractivity (Wildman–Crippen MR) is 122 cm³/mol. The number of hydrogen-bond acceptors (Lipinski definition) is 6. The van der Waals surface area contributed by atoms with Crippen LogP contribution in [0.2, 0.25) is 0 Å². The number of nitrogens with zero attached hydrogens (tertiary/aromatic N) is 1. The van der Waals surface area contributed by atoms with Crippen molar-refractivity contribution in [2.75, 3.05) is 21.0 Å². The molecule has 0 amide bonds. The fourth-order valence-electron chi connectivity index (χ4n) is 4.19. The average molecular weight is 489 g/mol. The molecule has 2 aromatic carbocycles. The van der Waals surface area contributed by atoms with Gasteiger partial charge in [0.05, 0.1) is 29.7 Å². The van der Waals surface area contributed by atoms with Gasteiger partial charge in [0.25, 0.3) is 0 Å². The Hall–Kier alpha value is -3.59. The highest BCUT2D eigenvalue weighted by Crippen LogP contribution is 2.46. The van der Waals surface area contributed by atoms with Crippen LogP contribution >= 0.6 is 0 Å². The van der Waals surface area contributed by atoms with Gasteiger partial charge in [-0.15, -0.1) is 0 Å². The highest BCUT2D eigenvalue weighted by molar-refractivity contribution is 6.00. The van der Waals surface area contributed by atoms with Crippen LogP contribution in [0.3, 0.4) is 0 Å². The number of allylic oxidation sites excluding steroid dienone is 2. The molecule has 0 spiro atoms. The van der Waals surface area contributed by atoms with Gasteiger partial charge in [-0.1, -0.05) is 48.5 Å². The summed E-state index contributed by atoms with van der Waals surface area (Å²) in [5.41, 5.74) is -0.0618. The van der Waals surface area contributed by atoms with E-state index in [0.29, 0.717) is 17.0 Å². The molecule has 1 aliphatic rings. The minimum absolute atomic E-state index is 0.0404. The van der Waals surface area contributed by atoms with Crippen LogP contribution in [0.25, 0.3) is 0 Å². The Morgan fingerprint density at radius 2 is 1.46 bits per heavy atom. The molecule has 3 rings (SSSR count). The van der Waals surface area contributed by atoms with E-state index in [9.17, 15) is 22.8 Å². The average Bonchev–Trinajstić information content (AvgIpc) is 2.84. The summed E-state index contributed by atoms with van der Waals surface area (Å²) in [6, 6.07) is 13.7. The highest BCUT2D eigenvalue weighted by atomic mass is 19.4. The molecule has 0 aliphatic carbocycles. The van der Waals surface area contributed by atoms with E-state index < -0.39 is 29.6 Å². The summed E-state index contributed by atoms with van der Waals surface area (Å²) in [6.45, 7) is 3.02. The maximum absolute atomic E-state index is 14.0. The van der Waals surface area contributed by atoms with Crippen molar-refractivity contribution in [1.29, 1.82) is 0 Å². The van der Waals surface area contributed by atoms with Gasteiger partial charge in [-0.3, -0.25) is 0 Å². The lowest BCUT2D eigenvalue weighted by Gasteiger charge is -2.37. The second kappa shape index (κ2) is 10.8. The topological polar surface area (TPSA) is 65.1 Å². The van der Waals surface area contributed by atoms with Gasteiger partial charge in [0.2, 0.25) is 0 Å². The van der Waals surface area contributed by atoms with Gasteiger partial charge < -0.3 is 19.1 Å². The minimum Gasteiger partial charge on any atom is -0.466 e. The summed E-state index contributed by atoms with van der Waals surface area (Å²) in [6.07, 6.45) is -4.72. The molecule has 0 saturated heterocycles. The number of benzene rings is 2. The molecule has 0 radical (unpaired) electrons. The summed E-state index contributed by atoms with van der Waals surface area (Å²) in [4.78, 5) is 27.9. The van der Waals surface area contributed by atoms with Crippen molar-refractivity contribution in [3.05, 3.63) is 93.8 Å². The van der Waals surface area contributed by atoms with Crippen LogP contribution in [0.15, 0.2) is 77.1 Å².